The maximum Gasteiger partial charge on any atom is 0.243 e. The van der Waals surface area contributed by atoms with Crippen LogP contribution in [0.3, 0.4) is 0 Å². The molecule has 0 bridgehead atoms. The second-order valence-electron chi connectivity index (χ2n) is 2.97. The zero-order valence-corrected chi connectivity index (χ0v) is 8.70. The molecule has 0 unspecified atom stereocenters. The van der Waals surface area contributed by atoms with E-state index in [0.29, 0.717) is 23.9 Å². The van der Waals surface area contributed by atoms with E-state index in [0.717, 1.165) is 5.65 Å². The molecule has 0 atom stereocenters. The molecule has 2 aromatic rings. The topological polar surface area (TPSA) is 42.2 Å². The van der Waals surface area contributed by atoms with E-state index in [-0.39, 0.29) is 0 Å². The van der Waals surface area contributed by atoms with Gasteiger partial charge in [-0.05, 0) is 12.1 Å². The lowest BCUT2D eigenvalue weighted by Crippen LogP contribution is -2.01. The molecule has 0 fully saturated rings. The zero-order valence-electron chi connectivity index (χ0n) is 7.94. The molecule has 4 nitrogen and oxygen atoms in total. The number of halogens is 1. The predicted molar refractivity (Wildman–Crippen MR) is 59.9 cm³/mol. The Bertz CT molecular complexity index is 512. The summed E-state index contributed by atoms with van der Waals surface area (Å²) in [6.07, 6.45) is 7.49. The van der Waals surface area contributed by atoms with Crippen molar-refractivity contribution in [1.29, 1.82) is 0 Å². The first kappa shape index (κ1) is 9.81. The molecule has 0 aliphatic rings. The molecule has 76 valence electrons. The van der Waals surface area contributed by atoms with Crippen LogP contribution in [0, 0.1) is 12.3 Å². The van der Waals surface area contributed by atoms with Gasteiger partial charge in [-0.15, -0.1) is 17.4 Å². The summed E-state index contributed by atoms with van der Waals surface area (Å²) in [7, 11) is 0. The van der Waals surface area contributed by atoms with Crippen LogP contribution in [0.15, 0.2) is 18.3 Å². The highest BCUT2D eigenvalue weighted by atomic mass is 35.5. The third kappa shape index (κ3) is 2.20. The largest absolute Gasteiger partial charge is 0.352 e. The Morgan fingerprint density at radius 3 is 3.20 bits per heavy atom. The standard InChI is InChI=1S/C10H9ClN4/c1-2-3-6-12-10-13-9-5-4-8(11)7-15(9)14-10/h1,4-5,7H,3,6H2,(H,12,14). The van der Waals surface area contributed by atoms with Gasteiger partial charge in [-0.3, -0.25) is 0 Å². The van der Waals surface area contributed by atoms with Crippen LogP contribution in [0.1, 0.15) is 6.42 Å². The minimum absolute atomic E-state index is 0.563. The summed E-state index contributed by atoms with van der Waals surface area (Å²) in [6, 6.07) is 3.58. The van der Waals surface area contributed by atoms with Crippen molar-refractivity contribution < 1.29 is 0 Å². The van der Waals surface area contributed by atoms with Gasteiger partial charge in [0.1, 0.15) is 0 Å². The Kier molecular flexibility index (Phi) is 2.75. The quantitative estimate of drug-likeness (QED) is 0.634. The molecule has 0 amide bonds. The van der Waals surface area contributed by atoms with E-state index >= 15 is 0 Å². The monoisotopic (exact) mass is 220 g/mol. The average Bonchev–Trinajstić information content (AvgIpc) is 2.60. The first-order valence-corrected chi connectivity index (χ1v) is 4.86. The Labute approximate surface area is 92.3 Å². The van der Waals surface area contributed by atoms with Crippen LogP contribution in [0.25, 0.3) is 5.65 Å². The molecule has 1 N–H and O–H groups in total. The molecule has 5 heteroatoms. The smallest absolute Gasteiger partial charge is 0.243 e. The van der Waals surface area contributed by atoms with Crippen molar-refractivity contribution in [3.63, 3.8) is 0 Å². The Hall–Kier alpha value is -1.73. The van der Waals surface area contributed by atoms with E-state index in [1.807, 2.05) is 6.07 Å². The number of nitrogens with zero attached hydrogens (tertiary/aromatic N) is 3. The normalized spacial score (nSPS) is 10.1. The van der Waals surface area contributed by atoms with Gasteiger partial charge in [0, 0.05) is 19.2 Å². The van der Waals surface area contributed by atoms with Crippen LogP contribution in [-0.4, -0.2) is 21.1 Å². The number of anilines is 1. The summed E-state index contributed by atoms with van der Waals surface area (Å²) in [5.74, 6) is 3.10. The molecule has 0 saturated heterocycles. The SMILES string of the molecule is C#CCCNc1nc2ccc(Cl)cn2n1. The average molecular weight is 221 g/mol. The molecule has 2 rings (SSSR count). The third-order valence-electron chi connectivity index (χ3n) is 1.85. The lowest BCUT2D eigenvalue weighted by atomic mass is 10.4. The molecule has 15 heavy (non-hydrogen) atoms. The fraction of sp³-hybridized carbons (Fsp3) is 0.200. The molecule has 2 heterocycles. The highest BCUT2D eigenvalue weighted by Crippen LogP contribution is 2.11. The maximum absolute atomic E-state index is 5.82. The number of rotatable bonds is 3. The number of terminal acetylenes is 1. The van der Waals surface area contributed by atoms with Crippen molar-refractivity contribution in [2.45, 2.75) is 6.42 Å². The van der Waals surface area contributed by atoms with Gasteiger partial charge >= 0.3 is 0 Å². The fourth-order valence-electron chi connectivity index (χ4n) is 1.18. The van der Waals surface area contributed by atoms with Crippen molar-refractivity contribution in [1.82, 2.24) is 14.6 Å². The van der Waals surface area contributed by atoms with Gasteiger partial charge in [0.05, 0.1) is 5.02 Å². The van der Waals surface area contributed by atoms with Gasteiger partial charge in [0.15, 0.2) is 5.65 Å². The summed E-state index contributed by atoms with van der Waals surface area (Å²) in [5.41, 5.74) is 0.752. The molecule has 0 spiro atoms. The van der Waals surface area contributed by atoms with Gasteiger partial charge in [0.25, 0.3) is 0 Å². The molecule has 2 aromatic heterocycles. The van der Waals surface area contributed by atoms with Crippen LogP contribution in [0.2, 0.25) is 5.02 Å². The lowest BCUT2D eigenvalue weighted by molar-refractivity contribution is 0.948. The molecule has 0 radical (unpaired) electrons. The number of nitrogens with one attached hydrogen (secondary N) is 1. The molecule has 0 aliphatic carbocycles. The summed E-state index contributed by atoms with van der Waals surface area (Å²) >= 11 is 5.82. The van der Waals surface area contributed by atoms with Crippen molar-refractivity contribution in [3.8, 4) is 12.3 Å². The minimum Gasteiger partial charge on any atom is -0.352 e. The first-order valence-electron chi connectivity index (χ1n) is 4.49. The minimum atomic E-state index is 0.563. The summed E-state index contributed by atoms with van der Waals surface area (Å²) < 4.78 is 1.63. The Morgan fingerprint density at radius 1 is 1.53 bits per heavy atom. The highest BCUT2D eigenvalue weighted by molar-refractivity contribution is 6.30. The number of aromatic nitrogens is 3. The van der Waals surface area contributed by atoms with Gasteiger partial charge in [-0.25, -0.2) is 4.52 Å². The van der Waals surface area contributed by atoms with E-state index in [1.54, 1.807) is 16.8 Å². The van der Waals surface area contributed by atoms with Crippen LogP contribution in [0.5, 0.6) is 0 Å². The second kappa shape index (κ2) is 4.20. The van der Waals surface area contributed by atoms with E-state index < -0.39 is 0 Å². The maximum atomic E-state index is 5.82. The van der Waals surface area contributed by atoms with Gasteiger partial charge in [-0.1, -0.05) is 11.6 Å². The third-order valence-corrected chi connectivity index (χ3v) is 2.07. The van der Waals surface area contributed by atoms with Crippen LogP contribution < -0.4 is 5.32 Å². The second-order valence-corrected chi connectivity index (χ2v) is 3.40. The Morgan fingerprint density at radius 2 is 2.40 bits per heavy atom. The first-order chi connectivity index (χ1) is 7.29. The lowest BCUT2D eigenvalue weighted by Gasteiger charge is -1.94. The molecular weight excluding hydrogens is 212 g/mol. The van der Waals surface area contributed by atoms with Crippen molar-refractivity contribution in [2.75, 3.05) is 11.9 Å². The van der Waals surface area contributed by atoms with Gasteiger partial charge in [0.2, 0.25) is 5.95 Å². The van der Waals surface area contributed by atoms with E-state index in [2.05, 4.69) is 21.3 Å². The summed E-state index contributed by atoms with van der Waals surface area (Å²) in [5, 5.41) is 7.84. The summed E-state index contributed by atoms with van der Waals surface area (Å²) in [6.45, 7) is 0.668. The van der Waals surface area contributed by atoms with Crippen LogP contribution in [-0.2, 0) is 0 Å². The number of hydrogen-bond donors (Lipinski definition) is 1. The Balaban J connectivity index is 2.20. The van der Waals surface area contributed by atoms with Crippen molar-refractivity contribution in [2.24, 2.45) is 0 Å². The molecule has 0 saturated carbocycles. The van der Waals surface area contributed by atoms with Crippen molar-refractivity contribution >= 4 is 23.2 Å². The number of hydrogen-bond acceptors (Lipinski definition) is 3. The van der Waals surface area contributed by atoms with E-state index in [1.165, 1.54) is 0 Å². The number of pyridine rings is 1. The molecule has 0 aliphatic heterocycles. The van der Waals surface area contributed by atoms with Crippen LogP contribution in [0.4, 0.5) is 5.95 Å². The van der Waals surface area contributed by atoms with E-state index in [4.69, 9.17) is 18.0 Å². The fourth-order valence-corrected chi connectivity index (χ4v) is 1.33. The number of fused-ring (bicyclic) bond motifs is 1. The highest BCUT2D eigenvalue weighted by Gasteiger charge is 2.01. The van der Waals surface area contributed by atoms with Gasteiger partial charge in [-0.2, -0.15) is 4.98 Å². The van der Waals surface area contributed by atoms with Crippen molar-refractivity contribution in [3.05, 3.63) is 23.4 Å². The molecule has 0 aromatic carbocycles. The van der Waals surface area contributed by atoms with E-state index in [9.17, 15) is 0 Å². The van der Waals surface area contributed by atoms with Gasteiger partial charge < -0.3 is 5.32 Å². The van der Waals surface area contributed by atoms with Crippen LogP contribution >= 0.6 is 11.6 Å². The summed E-state index contributed by atoms with van der Waals surface area (Å²) in [4.78, 5) is 4.24. The predicted octanol–water partition coefficient (Wildman–Crippen LogP) is 1.82. The molecular formula is C10H9ClN4. The zero-order chi connectivity index (χ0) is 10.7.